The van der Waals surface area contributed by atoms with Crippen LogP contribution in [0, 0.1) is 0 Å². The fourth-order valence-electron chi connectivity index (χ4n) is 2.28. The Kier molecular flexibility index (Phi) is 6.70. The smallest absolute Gasteiger partial charge is 0.320 e. The summed E-state index contributed by atoms with van der Waals surface area (Å²) in [5.41, 5.74) is 1.02. The van der Waals surface area contributed by atoms with Crippen molar-refractivity contribution in [3.05, 3.63) is 48.3 Å². The Morgan fingerprint density at radius 3 is 2.68 bits per heavy atom. The summed E-state index contributed by atoms with van der Waals surface area (Å²) >= 11 is 0. The normalized spacial score (nSPS) is 11.4. The Balaban J connectivity index is 1.98. The first-order valence-electron chi connectivity index (χ1n) is 7.76. The molecule has 0 bridgehead atoms. The number of aromatic nitrogens is 2. The summed E-state index contributed by atoms with van der Waals surface area (Å²) in [5.74, 6) is -0.279. The van der Waals surface area contributed by atoms with Gasteiger partial charge in [-0.1, -0.05) is 30.3 Å². The van der Waals surface area contributed by atoms with E-state index in [4.69, 9.17) is 9.84 Å². The molecule has 132 valence electrons. The standard InChI is InChI=1S/C17H20N4O4/c1-25-15-10-14(18-11-19-15)21-17(24)20-13(7-8-16(22)23)9-12-5-3-2-4-6-12/h2-6,10-11,13H,7-9H2,1H3,(H,22,23)(H2,18,19,20,21,24). The molecule has 8 heteroatoms. The Morgan fingerprint density at radius 1 is 1.24 bits per heavy atom. The van der Waals surface area contributed by atoms with Crippen LogP contribution in [0.4, 0.5) is 10.6 Å². The number of rotatable bonds is 8. The molecule has 0 spiro atoms. The Hall–Kier alpha value is -3.16. The van der Waals surface area contributed by atoms with Crippen molar-refractivity contribution >= 4 is 17.8 Å². The van der Waals surface area contributed by atoms with Gasteiger partial charge < -0.3 is 15.2 Å². The molecule has 0 aliphatic rings. The van der Waals surface area contributed by atoms with Crippen LogP contribution in [0.5, 0.6) is 5.88 Å². The van der Waals surface area contributed by atoms with Crippen LogP contribution < -0.4 is 15.4 Å². The molecule has 1 atom stereocenters. The number of urea groups is 1. The second-order valence-electron chi connectivity index (χ2n) is 5.36. The monoisotopic (exact) mass is 344 g/mol. The molecule has 8 nitrogen and oxygen atoms in total. The molecule has 0 saturated heterocycles. The van der Waals surface area contributed by atoms with Gasteiger partial charge in [-0.15, -0.1) is 0 Å². The number of methoxy groups -OCH3 is 1. The van der Waals surface area contributed by atoms with Crippen LogP contribution in [0.2, 0.25) is 0 Å². The van der Waals surface area contributed by atoms with E-state index in [0.29, 0.717) is 24.5 Å². The van der Waals surface area contributed by atoms with Crippen LogP contribution in [0.3, 0.4) is 0 Å². The molecule has 0 aliphatic carbocycles. The number of hydrogen-bond acceptors (Lipinski definition) is 5. The summed E-state index contributed by atoms with van der Waals surface area (Å²) < 4.78 is 4.97. The van der Waals surface area contributed by atoms with E-state index < -0.39 is 12.0 Å². The highest BCUT2D eigenvalue weighted by Gasteiger charge is 2.15. The third-order valence-corrected chi connectivity index (χ3v) is 3.46. The van der Waals surface area contributed by atoms with Crippen molar-refractivity contribution in [3.8, 4) is 5.88 Å². The minimum atomic E-state index is -0.902. The number of nitrogens with zero attached hydrogens (tertiary/aromatic N) is 2. The second kappa shape index (κ2) is 9.21. The maximum absolute atomic E-state index is 12.2. The molecule has 2 aromatic rings. The van der Waals surface area contributed by atoms with E-state index in [1.54, 1.807) is 0 Å². The number of carboxylic acid groups (broad SMARTS) is 1. The maximum Gasteiger partial charge on any atom is 0.320 e. The zero-order valence-electron chi connectivity index (χ0n) is 13.8. The molecule has 0 fully saturated rings. The molecule has 0 radical (unpaired) electrons. The fraction of sp³-hybridized carbons (Fsp3) is 0.294. The minimum Gasteiger partial charge on any atom is -0.481 e. The molecule has 0 aliphatic heterocycles. The van der Waals surface area contributed by atoms with E-state index in [2.05, 4.69) is 20.6 Å². The number of ether oxygens (including phenoxy) is 1. The van der Waals surface area contributed by atoms with Crippen LogP contribution in [-0.4, -0.2) is 40.2 Å². The molecule has 1 heterocycles. The molecular weight excluding hydrogens is 324 g/mol. The van der Waals surface area contributed by atoms with Gasteiger partial charge in [-0.05, 0) is 18.4 Å². The van der Waals surface area contributed by atoms with E-state index in [1.165, 1.54) is 19.5 Å². The van der Waals surface area contributed by atoms with Gasteiger partial charge in [0.1, 0.15) is 12.1 Å². The number of anilines is 1. The molecule has 2 amide bonds. The van der Waals surface area contributed by atoms with Gasteiger partial charge in [0.15, 0.2) is 0 Å². The van der Waals surface area contributed by atoms with Crippen molar-refractivity contribution in [2.45, 2.75) is 25.3 Å². The zero-order valence-corrected chi connectivity index (χ0v) is 13.8. The molecule has 1 aromatic carbocycles. The van der Waals surface area contributed by atoms with Gasteiger partial charge in [-0.3, -0.25) is 10.1 Å². The van der Waals surface area contributed by atoms with Gasteiger partial charge in [0.25, 0.3) is 0 Å². The topological polar surface area (TPSA) is 113 Å². The summed E-state index contributed by atoms with van der Waals surface area (Å²) in [6, 6.07) is 10.3. The molecule has 3 N–H and O–H groups in total. The quantitative estimate of drug-likeness (QED) is 0.676. The lowest BCUT2D eigenvalue weighted by Gasteiger charge is -2.18. The first kappa shape index (κ1) is 18.2. The molecule has 25 heavy (non-hydrogen) atoms. The molecule has 1 unspecified atom stereocenters. The van der Waals surface area contributed by atoms with Crippen LogP contribution in [0.1, 0.15) is 18.4 Å². The number of carbonyl (C=O) groups excluding carboxylic acids is 1. The molecule has 0 saturated carbocycles. The summed E-state index contributed by atoms with van der Waals surface area (Å²) in [4.78, 5) is 30.8. The zero-order chi connectivity index (χ0) is 18.1. The average molecular weight is 344 g/mol. The Morgan fingerprint density at radius 2 is 2.00 bits per heavy atom. The van der Waals surface area contributed by atoms with Crippen LogP contribution in [0.25, 0.3) is 0 Å². The Labute approximate surface area is 145 Å². The van der Waals surface area contributed by atoms with Crippen molar-refractivity contribution in [3.63, 3.8) is 0 Å². The van der Waals surface area contributed by atoms with Crippen LogP contribution in [-0.2, 0) is 11.2 Å². The Bertz CT molecular complexity index is 709. The van der Waals surface area contributed by atoms with Gasteiger partial charge in [0.05, 0.1) is 7.11 Å². The van der Waals surface area contributed by atoms with Gasteiger partial charge in [-0.25, -0.2) is 14.8 Å². The summed E-state index contributed by atoms with van der Waals surface area (Å²) in [5, 5.41) is 14.3. The second-order valence-corrected chi connectivity index (χ2v) is 5.36. The minimum absolute atomic E-state index is 0.0287. The van der Waals surface area contributed by atoms with Crippen molar-refractivity contribution in [2.75, 3.05) is 12.4 Å². The summed E-state index contributed by atoms with van der Waals surface area (Å²) in [6.45, 7) is 0. The third kappa shape index (κ3) is 6.46. The van der Waals surface area contributed by atoms with Crippen molar-refractivity contribution in [1.82, 2.24) is 15.3 Å². The van der Waals surface area contributed by atoms with Gasteiger partial charge >= 0.3 is 12.0 Å². The van der Waals surface area contributed by atoms with Gasteiger partial charge in [0, 0.05) is 18.5 Å². The van der Waals surface area contributed by atoms with E-state index in [-0.39, 0.29) is 12.5 Å². The highest BCUT2D eigenvalue weighted by molar-refractivity contribution is 5.88. The number of hydrogen-bond donors (Lipinski definition) is 3. The third-order valence-electron chi connectivity index (χ3n) is 3.46. The van der Waals surface area contributed by atoms with Crippen molar-refractivity contribution in [1.29, 1.82) is 0 Å². The lowest BCUT2D eigenvalue weighted by atomic mass is 10.0. The number of amides is 2. The lowest BCUT2D eigenvalue weighted by Crippen LogP contribution is -2.39. The molecular formula is C17H20N4O4. The molecule has 1 aromatic heterocycles. The number of aliphatic carboxylic acids is 1. The van der Waals surface area contributed by atoms with E-state index in [9.17, 15) is 9.59 Å². The fourth-order valence-corrected chi connectivity index (χ4v) is 2.28. The van der Waals surface area contributed by atoms with Crippen LogP contribution >= 0.6 is 0 Å². The maximum atomic E-state index is 12.2. The number of benzene rings is 1. The highest BCUT2D eigenvalue weighted by Crippen LogP contribution is 2.11. The van der Waals surface area contributed by atoms with Gasteiger partial charge in [0.2, 0.25) is 5.88 Å². The molecule has 2 rings (SSSR count). The number of carbonyl (C=O) groups is 2. The predicted octanol–water partition coefficient (Wildman–Crippen LogP) is 2.08. The summed E-state index contributed by atoms with van der Waals surface area (Å²) in [6.07, 6.45) is 2.11. The first-order chi connectivity index (χ1) is 12.1. The van der Waals surface area contributed by atoms with Crippen molar-refractivity contribution < 1.29 is 19.4 Å². The SMILES string of the molecule is COc1cc(NC(=O)NC(CCC(=O)O)Cc2ccccc2)ncn1. The van der Waals surface area contributed by atoms with E-state index in [0.717, 1.165) is 5.56 Å². The highest BCUT2D eigenvalue weighted by atomic mass is 16.5. The van der Waals surface area contributed by atoms with Gasteiger partial charge in [-0.2, -0.15) is 0 Å². The van der Waals surface area contributed by atoms with Crippen LogP contribution in [0.15, 0.2) is 42.7 Å². The van der Waals surface area contributed by atoms with E-state index >= 15 is 0 Å². The summed E-state index contributed by atoms with van der Waals surface area (Å²) in [7, 11) is 1.47. The average Bonchev–Trinajstić information content (AvgIpc) is 2.60. The largest absolute Gasteiger partial charge is 0.481 e. The van der Waals surface area contributed by atoms with E-state index in [1.807, 2.05) is 30.3 Å². The lowest BCUT2D eigenvalue weighted by molar-refractivity contribution is -0.137. The number of nitrogens with one attached hydrogen (secondary N) is 2. The predicted molar refractivity (Wildman–Crippen MR) is 91.5 cm³/mol. The van der Waals surface area contributed by atoms with Crippen molar-refractivity contribution in [2.24, 2.45) is 0 Å². The first-order valence-corrected chi connectivity index (χ1v) is 7.76. The number of carboxylic acids is 1.